The number of anilines is 1. The minimum atomic E-state index is -0.420. The standard InChI is InChI=1S/C30H36N6O3/c1-23-5-4-14-35(20-23)21-24-7-9-25(10-8-24)29(37)33-26-11-12-28(32-19-26)39-30(38)36-17-15-34(16-18-36)22-27-6-2-3-13-31-27/h2-3,6-13,19,23H,4-5,14-18,20-22H2,1H3,(H,33,37). The van der Waals surface area contributed by atoms with Gasteiger partial charge in [0.05, 0.1) is 17.6 Å². The summed E-state index contributed by atoms with van der Waals surface area (Å²) in [6.07, 6.45) is 5.42. The Hall–Kier alpha value is -3.82. The summed E-state index contributed by atoms with van der Waals surface area (Å²) in [5.74, 6) is 0.736. The van der Waals surface area contributed by atoms with Gasteiger partial charge in [0.25, 0.3) is 5.91 Å². The van der Waals surface area contributed by atoms with Crippen LogP contribution in [0.3, 0.4) is 0 Å². The predicted molar refractivity (Wildman–Crippen MR) is 149 cm³/mol. The van der Waals surface area contributed by atoms with E-state index in [9.17, 15) is 9.59 Å². The number of nitrogens with one attached hydrogen (secondary N) is 1. The van der Waals surface area contributed by atoms with Crippen LogP contribution in [-0.2, 0) is 13.1 Å². The molecule has 1 unspecified atom stereocenters. The molecule has 0 spiro atoms. The minimum Gasteiger partial charge on any atom is -0.391 e. The fraction of sp³-hybridized carbons (Fsp3) is 0.400. The zero-order valence-electron chi connectivity index (χ0n) is 22.5. The van der Waals surface area contributed by atoms with Crippen LogP contribution in [0.15, 0.2) is 67.0 Å². The lowest BCUT2D eigenvalue weighted by atomic mass is 9.99. The quantitative estimate of drug-likeness (QED) is 0.490. The Labute approximate surface area is 229 Å². The molecule has 2 aliphatic heterocycles. The Balaban J connectivity index is 1.06. The number of aromatic nitrogens is 2. The van der Waals surface area contributed by atoms with E-state index in [1.807, 2.05) is 42.5 Å². The molecular weight excluding hydrogens is 492 g/mol. The van der Waals surface area contributed by atoms with Gasteiger partial charge in [-0.1, -0.05) is 25.1 Å². The van der Waals surface area contributed by atoms with Gasteiger partial charge in [-0.2, -0.15) is 0 Å². The van der Waals surface area contributed by atoms with Crippen LogP contribution >= 0.6 is 0 Å². The van der Waals surface area contributed by atoms with Crippen molar-refractivity contribution in [1.82, 2.24) is 24.7 Å². The number of piperazine rings is 1. The number of benzene rings is 1. The molecule has 2 fully saturated rings. The molecule has 2 amide bonds. The SMILES string of the molecule is CC1CCCN(Cc2ccc(C(=O)Nc3ccc(OC(=O)N4CCN(Cc5ccccn5)CC4)nc3)cc2)C1. The maximum atomic E-state index is 12.7. The van der Waals surface area contributed by atoms with E-state index in [1.54, 1.807) is 23.2 Å². The van der Waals surface area contributed by atoms with Crippen LogP contribution in [0.25, 0.3) is 0 Å². The summed E-state index contributed by atoms with van der Waals surface area (Å²) in [5, 5.41) is 2.86. The molecule has 0 bridgehead atoms. The zero-order chi connectivity index (χ0) is 27.0. The van der Waals surface area contributed by atoms with Crippen molar-refractivity contribution >= 4 is 17.7 Å². The summed E-state index contributed by atoms with van der Waals surface area (Å²) in [5.41, 5.74) is 3.35. The van der Waals surface area contributed by atoms with E-state index in [-0.39, 0.29) is 11.8 Å². The average molecular weight is 529 g/mol. The van der Waals surface area contributed by atoms with Crippen molar-refractivity contribution in [2.24, 2.45) is 5.92 Å². The van der Waals surface area contributed by atoms with Gasteiger partial charge in [0.2, 0.25) is 5.88 Å². The van der Waals surface area contributed by atoms with Crippen LogP contribution in [0.5, 0.6) is 5.88 Å². The minimum absolute atomic E-state index is 0.199. The lowest BCUT2D eigenvalue weighted by Crippen LogP contribution is -2.49. The summed E-state index contributed by atoms with van der Waals surface area (Å²) in [7, 11) is 0. The van der Waals surface area contributed by atoms with Gasteiger partial charge < -0.3 is 15.0 Å². The molecule has 5 rings (SSSR count). The summed E-state index contributed by atoms with van der Waals surface area (Å²) in [6, 6.07) is 16.9. The lowest BCUT2D eigenvalue weighted by Gasteiger charge is -2.33. The van der Waals surface area contributed by atoms with Crippen molar-refractivity contribution in [2.45, 2.75) is 32.9 Å². The maximum Gasteiger partial charge on any atom is 0.416 e. The molecule has 4 heterocycles. The van der Waals surface area contributed by atoms with E-state index in [0.29, 0.717) is 24.3 Å². The Morgan fingerprint density at radius 1 is 0.923 bits per heavy atom. The fourth-order valence-corrected chi connectivity index (χ4v) is 5.13. The smallest absolute Gasteiger partial charge is 0.391 e. The van der Waals surface area contributed by atoms with Gasteiger partial charge in [0.15, 0.2) is 0 Å². The van der Waals surface area contributed by atoms with Crippen LogP contribution in [0, 0.1) is 5.92 Å². The Kier molecular flexibility index (Phi) is 8.80. The summed E-state index contributed by atoms with van der Waals surface area (Å²) >= 11 is 0. The van der Waals surface area contributed by atoms with Gasteiger partial charge in [-0.3, -0.25) is 19.6 Å². The molecule has 9 heteroatoms. The Morgan fingerprint density at radius 2 is 1.74 bits per heavy atom. The molecule has 2 aromatic heterocycles. The van der Waals surface area contributed by atoms with Crippen LogP contribution < -0.4 is 10.1 Å². The second-order valence-electron chi connectivity index (χ2n) is 10.5. The Morgan fingerprint density at radius 3 is 2.44 bits per heavy atom. The second kappa shape index (κ2) is 12.8. The van der Waals surface area contributed by atoms with E-state index in [4.69, 9.17) is 4.74 Å². The molecular formula is C30H36N6O3. The molecule has 39 heavy (non-hydrogen) atoms. The van der Waals surface area contributed by atoms with Crippen molar-refractivity contribution in [1.29, 1.82) is 0 Å². The number of hydrogen-bond donors (Lipinski definition) is 1. The molecule has 0 saturated carbocycles. The van der Waals surface area contributed by atoms with E-state index < -0.39 is 6.09 Å². The molecule has 204 valence electrons. The van der Waals surface area contributed by atoms with Crippen molar-refractivity contribution in [2.75, 3.05) is 44.6 Å². The molecule has 0 aliphatic carbocycles. The fourth-order valence-electron chi connectivity index (χ4n) is 5.13. The topological polar surface area (TPSA) is 90.9 Å². The summed E-state index contributed by atoms with van der Waals surface area (Å²) in [6.45, 7) is 8.91. The summed E-state index contributed by atoms with van der Waals surface area (Å²) < 4.78 is 5.46. The first-order valence-electron chi connectivity index (χ1n) is 13.7. The van der Waals surface area contributed by atoms with Crippen LogP contribution in [-0.4, -0.2) is 75.9 Å². The van der Waals surface area contributed by atoms with Crippen molar-refractivity contribution < 1.29 is 14.3 Å². The number of rotatable bonds is 7. The molecule has 1 aromatic carbocycles. The second-order valence-corrected chi connectivity index (χ2v) is 10.5. The molecule has 0 radical (unpaired) electrons. The molecule has 9 nitrogen and oxygen atoms in total. The number of amides is 2. The largest absolute Gasteiger partial charge is 0.416 e. The third-order valence-corrected chi connectivity index (χ3v) is 7.29. The van der Waals surface area contributed by atoms with Gasteiger partial charge in [-0.15, -0.1) is 0 Å². The van der Waals surface area contributed by atoms with Gasteiger partial charge >= 0.3 is 6.09 Å². The van der Waals surface area contributed by atoms with Gasteiger partial charge in [0, 0.05) is 63.6 Å². The van der Waals surface area contributed by atoms with Gasteiger partial charge in [-0.05, 0) is 61.2 Å². The monoisotopic (exact) mass is 528 g/mol. The first-order valence-corrected chi connectivity index (χ1v) is 13.7. The third-order valence-electron chi connectivity index (χ3n) is 7.29. The summed E-state index contributed by atoms with van der Waals surface area (Å²) in [4.78, 5) is 40.3. The Bertz CT molecular complexity index is 1230. The lowest BCUT2D eigenvalue weighted by molar-refractivity contribution is 0.102. The number of carbonyl (C=O) groups excluding carboxylic acids is 2. The molecule has 2 aliphatic rings. The highest BCUT2D eigenvalue weighted by molar-refractivity contribution is 6.04. The van der Waals surface area contributed by atoms with E-state index in [2.05, 4.69) is 32.0 Å². The zero-order valence-corrected chi connectivity index (χ0v) is 22.5. The molecule has 1 atom stereocenters. The van der Waals surface area contributed by atoms with Crippen molar-refractivity contribution in [3.05, 3.63) is 83.8 Å². The number of hydrogen-bond acceptors (Lipinski definition) is 7. The van der Waals surface area contributed by atoms with Crippen molar-refractivity contribution in [3.8, 4) is 5.88 Å². The van der Waals surface area contributed by atoms with Gasteiger partial charge in [0.1, 0.15) is 0 Å². The number of carbonyl (C=O) groups is 2. The third kappa shape index (κ3) is 7.61. The first kappa shape index (κ1) is 26.8. The normalized spacial score (nSPS) is 18.5. The number of pyridine rings is 2. The maximum absolute atomic E-state index is 12.7. The van der Waals surface area contributed by atoms with E-state index >= 15 is 0 Å². The highest BCUT2D eigenvalue weighted by Crippen LogP contribution is 2.19. The number of ether oxygens (including phenoxy) is 1. The van der Waals surface area contributed by atoms with E-state index in [1.165, 1.54) is 24.6 Å². The van der Waals surface area contributed by atoms with Gasteiger partial charge in [-0.25, -0.2) is 9.78 Å². The highest BCUT2D eigenvalue weighted by Gasteiger charge is 2.23. The number of piperidine rings is 1. The van der Waals surface area contributed by atoms with Crippen molar-refractivity contribution in [3.63, 3.8) is 0 Å². The number of nitrogens with zero attached hydrogens (tertiary/aromatic N) is 5. The van der Waals surface area contributed by atoms with Crippen LogP contribution in [0.1, 0.15) is 41.4 Å². The van der Waals surface area contributed by atoms with E-state index in [0.717, 1.165) is 50.9 Å². The van der Waals surface area contributed by atoms with Crippen LogP contribution in [0.2, 0.25) is 0 Å². The number of likely N-dealkylation sites (tertiary alicyclic amines) is 1. The molecule has 2 saturated heterocycles. The van der Waals surface area contributed by atoms with Crippen LogP contribution in [0.4, 0.5) is 10.5 Å². The highest BCUT2D eigenvalue weighted by atomic mass is 16.6. The first-order chi connectivity index (χ1) is 19.0. The predicted octanol–water partition coefficient (Wildman–Crippen LogP) is 4.28. The molecule has 3 aromatic rings. The average Bonchev–Trinajstić information content (AvgIpc) is 2.95. The molecule has 1 N–H and O–H groups in total.